The molecule has 0 aliphatic heterocycles. The minimum Gasteiger partial charge on any atom is -0.493 e. The Balaban J connectivity index is 2.40. The summed E-state index contributed by atoms with van der Waals surface area (Å²) in [6.07, 6.45) is 6.31. The van der Waals surface area contributed by atoms with E-state index in [9.17, 15) is 4.39 Å². The van der Waals surface area contributed by atoms with Crippen LogP contribution < -0.4 is 10.1 Å². The van der Waals surface area contributed by atoms with Gasteiger partial charge in [0, 0.05) is 12.1 Å². The van der Waals surface area contributed by atoms with Gasteiger partial charge >= 0.3 is 0 Å². The maximum atomic E-state index is 13.2. The number of hydrogen-bond acceptors (Lipinski definition) is 2. The van der Waals surface area contributed by atoms with E-state index in [1.54, 1.807) is 6.07 Å². The number of hydrogen-bond donors (Lipinski definition) is 1. The number of benzene rings is 1. The molecular weight excluding hydrogens is 241 g/mol. The number of unbranched alkanes of at least 4 members (excludes halogenated alkanes) is 3. The summed E-state index contributed by atoms with van der Waals surface area (Å²) in [4.78, 5) is 0. The smallest absolute Gasteiger partial charge is 0.123 e. The van der Waals surface area contributed by atoms with E-state index in [0.29, 0.717) is 13.2 Å². The maximum absolute atomic E-state index is 13.2. The average molecular weight is 265 g/mol. The first kappa shape index (κ1) is 15.7. The average Bonchev–Trinajstić information content (AvgIpc) is 2.42. The van der Waals surface area contributed by atoms with Crippen molar-refractivity contribution in [2.24, 2.45) is 0 Å². The molecule has 0 atom stereocenters. The standard InChI is InChI=1S/C16H24FNO/c1-3-5-6-7-8-11-19-16-10-9-15(17)12-14(16)13-18-4-2/h3,9-10,12,18H,1,4-8,11,13H2,2H3. The maximum Gasteiger partial charge on any atom is 0.123 e. The highest BCUT2D eigenvalue weighted by Crippen LogP contribution is 2.20. The summed E-state index contributed by atoms with van der Waals surface area (Å²) in [6.45, 7) is 7.91. The van der Waals surface area contributed by atoms with E-state index >= 15 is 0 Å². The van der Waals surface area contributed by atoms with Crippen LogP contribution in [-0.4, -0.2) is 13.2 Å². The molecule has 0 fully saturated rings. The number of ether oxygens (including phenoxy) is 1. The van der Waals surface area contributed by atoms with Crippen LogP contribution in [0.15, 0.2) is 30.9 Å². The highest BCUT2D eigenvalue weighted by atomic mass is 19.1. The Hall–Kier alpha value is -1.35. The van der Waals surface area contributed by atoms with Crippen molar-refractivity contribution in [3.05, 3.63) is 42.2 Å². The first-order valence-corrected chi connectivity index (χ1v) is 7.00. The van der Waals surface area contributed by atoms with Crippen molar-refractivity contribution >= 4 is 0 Å². The molecule has 0 spiro atoms. The lowest BCUT2D eigenvalue weighted by atomic mass is 10.2. The zero-order valence-electron chi connectivity index (χ0n) is 11.8. The Bertz CT molecular complexity index is 379. The summed E-state index contributed by atoms with van der Waals surface area (Å²) in [5.41, 5.74) is 0.882. The van der Waals surface area contributed by atoms with Gasteiger partial charge in [-0.25, -0.2) is 4.39 Å². The van der Waals surface area contributed by atoms with Gasteiger partial charge in [-0.05, 0) is 50.4 Å². The van der Waals surface area contributed by atoms with Gasteiger partial charge in [0.15, 0.2) is 0 Å². The predicted molar refractivity (Wildman–Crippen MR) is 77.9 cm³/mol. The van der Waals surface area contributed by atoms with E-state index in [-0.39, 0.29) is 5.82 Å². The van der Waals surface area contributed by atoms with Crippen molar-refractivity contribution in [2.45, 2.75) is 39.2 Å². The van der Waals surface area contributed by atoms with Crippen LogP contribution in [0, 0.1) is 5.82 Å². The quantitative estimate of drug-likeness (QED) is 0.509. The fourth-order valence-corrected chi connectivity index (χ4v) is 1.84. The fraction of sp³-hybridized carbons (Fsp3) is 0.500. The molecular formula is C16H24FNO. The Kier molecular flexibility index (Phi) is 7.91. The van der Waals surface area contributed by atoms with Crippen molar-refractivity contribution in [1.29, 1.82) is 0 Å². The molecule has 106 valence electrons. The Morgan fingerprint density at radius 3 is 2.89 bits per heavy atom. The SMILES string of the molecule is C=CCCCCCOc1ccc(F)cc1CNCC. The molecule has 1 aromatic carbocycles. The summed E-state index contributed by atoms with van der Waals surface area (Å²) in [5.74, 6) is 0.567. The Morgan fingerprint density at radius 2 is 2.16 bits per heavy atom. The second kappa shape index (κ2) is 9.56. The van der Waals surface area contributed by atoms with E-state index in [1.807, 2.05) is 13.0 Å². The molecule has 1 aromatic rings. The zero-order valence-corrected chi connectivity index (χ0v) is 11.8. The van der Waals surface area contributed by atoms with Crippen molar-refractivity contribution in [3.8, 4) is 5.75 Å². The molecule has 19 heavy (non-hydrogen) atoms. The molecule has 0 saturated heterocycles. The zero-order chi connectivity index (χ0) is 13.9. The highest BCUT2D eigenvalue weighted by molar-refractivity contribution is 5.33. The predicted octanol–water partition coefficient (Wildman–Crippen LogP) is 4.06. The third kappa shape index (κ3) is 6.39. The van der Waals surface area contributed by atoms with E-state index in [2.05, 4.69) is 11.9 Å². The highest BCUT2D eigenvalue weighted by Gasteiger charge is 2.05. The molecule has 0 aliphatic rings. The van der Waals surface area contributed by atoms with E-state index in [1.165, 1.54) is 12.1 Å². The lowest BCUT2D eigenvalue weighted by molar-refractivity contribution is 0.301. The third-order valence-corrected chi connectivity index (χ3v) is 2.90. The lowest BCUT2D eigenvalue weighted by Crippen LogP contribution is -2.13. The van der Waals surface area contributed by atoms with Crippen LogP contribution in [0.2, 0.25) is 0 Å². The van der Waals surface area contributed by atoms with Crippen molar-refractivity contribution in [3.63, 3.8) is 0 Å². The van der Waals surface area contributed by atoms with Gasteiger partial charge in [0.05, 0.1) is 6.61 Å². The third-order valence-electron chi connectivity index (χ3n) is 2.90. The van der Waals surface area contributed by atoms with Gasteiger partial charge in [-0.1, -0.05) is 13.0 Å². The van der Waals surface area contributed by atoms with Crippen LogP contribution >= 0.6 is 0 Å². The van der Waals surface area contributed by atoms with Crippen LogP contribution in [0.5, 0.6) is 5.75 Å². The molecule has 0 aliphatic carbocycles. The molecule has 1 rings (SSSR count). The van der Waals surface area contributed by atoms with Gasteiger partial charge in [0.2, 0.25) is 0 Å². The minimum absolute atomic E-state index is 0.216. The molecule has 0 saturated carbocycles. The largest absolute Gasteiger partial charge is 0.493 e. The van der Waals surface area contributed by atoms with Crippen molar-refractivity contribution < 1.29 is 9.13 Å². The Morgan fingerprint density at radius 1 is 1.32 bits per heavy atom. The van der Waals surface area contributed by atoms with Crippen LogP contribution in [0.4, 0.5) is 4.39 Å². The summed E-state index contributed by atoms with van der Waals surface area (Å²) in [6, 6.07) is 4.70. The van der Waals surface area contributed by atoms with Gasteiger partial charge in [-0.2, -0.15) is 0 Å². The number of halogens is 1. The summed E-state index contributed by atoms with van der Waals surface area (Å²) < 4.78 is 18.9. The van der Waals surface area contributed by atoms with Gasteiger partial charge < -0.3 is 10.1 Å². The second-order valence-corrected chi connectivity index (χ2v) is 4.52. The van der Waals surface area contributed by atoms with E-state index < -0.39 is 0 Å². The minimum atomic E-state index is -0.216. The van der Waals surface area contributed by atoms with E-state index in [4.69, 9.17) is 4.74 Å². The number of nitrogens with one attached hydrogen (secondary N) is 1. The van der Waals surface area contributed by atoms with Crippen molar-refractivity contribution in [1.82, 2.24) is 5.32 Å². The first-order valence-electron chi connectivity index (χ1n) is 7.00. The molecule has 0 unspecified atom stereocenters. The van der Waals surface area contributed by atoms with Crippen LogP contribution in [0.1, 0.15) is 38.2 Å². The molecule has 0 radical (unpaired) electrons. The molecule has 0 aromatic heterocycles. The fourth-order valence-electron chi connectivity index (χ4n) is 1.84. The van der Waals surface area contributed by atoms with Gasteiger partial charge in [0.25, 0.3) is 0 Å². The topological polar surface area (TPSA) is 21.3 Å². The molecule has 2 nitrogen and oxygen atoms in total. The second-order valence-electron chi connectivity index (χ2n) is 4.52. The molecule has 0 heterocycles. The van der Waals surface area contributed by atoms with Gasteiger partial charge in [-0.3, -0.25) is 0 Å². The van der Waals surface area contributed by atoms with Crippen LogP contribution in [0.25, 0.3) is 0 Å². The molecule has 0 amide bonds. The number of rotatable bonds is 10. The normalized spacial score (nSPS) is 10.4. The monoisotopic (exact) mass is 265 g/mol. The van der Waals surface area contributed by atoms with E-state index in [0.717, 1.165) is 43.5 Å². The number of allylic oxidation sites excluding steroid dienone is 1. The van der Waals surface area contributed by atoms with Crippen molar-refractivity contribution in [2.75, 3.05) is 13.2 Å². The van der Waals surface area contributed by atoms with Crippen LogP contribution in [0.3, 0.4) is 0 Å². The van der Waals surface area contributed by atoms with Gasteiger partial charge in [-0.15, -0.1) is 6.58 Å². The van der Waals surface area contributed by atoms with Crippen LogP contribution in [-0.2, 0) is 6.54 Å². The van der Waals surface area contributed by atoms with Gasteiger partial charge in [0.1, 0.15) is 11.6 Å². The summed E-state index contributed by atoms with van der Waals surface area (Å²) in [5, 5.41) is 3.19. The first-order chi connectivity index (χ1) is 9.27. The molecule has 1 N–H and O–H groups in total. The molecule has 0 bridgehead atoms. The summed E-state index contributed by atoms with van der Waals surface area (Å²) in [7, 11) is 0. The Labute approximate surface area is 115 Å². The summed E-state index contributed by atoms with van der Waals surface area (Å²) >= 11 is 0. The molecule has 3 heteroatoms. The lowest BCUT2D eigenvalue weighted by Gasteiger charge is -2.12.